The van der Waals surface area contributed by atoms with Gasteiger partial charge in [-0.15, -0.1) is 11.6 Å². The lowest BCUT2D eigenvalue weighted by Crippen LogP contribution is -2.00. The maximum Gasteiger partial charge on any atom is 0.161 e. The van der Waals surface area contributed by atoms with Crippen molar-refractivity contribution in [2.75, 3.05) is 14.2 Å². The Morgan fingerprint density at radius 3 is 2.19 bits per heavy atom. The molecule has 1 unspecified atom stereocenters. The molecule has 2 aromatic rings. The third-order valence-electron chi connectivity index (χ3n) is 3.38. The molecule has 0 aliphatic rings. The van der Waals surface area contributed by atoms with Crippen LogP contribution in [0.15, 0.2) is 40.9 Å². The second-order valence-corrected chi connectivity index (χ2v) is 6.27. The molecule has 0 aromatic heterocycles. The fourth-order valence-corrected chi connectivity index (χ4v) is 3.24. The van der Waals surface area contributed by atoms with Gasteiger partial charge in [-0.3, -0.25) is 0 Å². The molecule has 0 amide bonds. The monoisotopic (exact) mass is 368 g/mol. The highest BCUT2D eigenvalue weighted by Crippen LogP contribution is 2.39. The number of ether oxygens (including phenoxy) is 2. The number of hydrogen-bond donors (Lipinski definition) is 0. The third kappa shape index (κ3) is 3.92. The van der Waals surface area contributed by atoms with Crippen molar-refractivity contribution in [3.8, 4) is 11.5 Å². The van der Waals surface area contributed by atoms with E-state index in [-0.39, 0.29) is 5.38 Å². The fourth-order valence-electron chi connectivity index (χ4n) is 2.15. The molecule has 0 radical (unpaired) electrons. The zero-order chi connectivity index (χ0) is 15.4. The van der Waals surface area contributed by atoms with Gasteiger partial charge in [0.1, 0.15) is 0 Å². The highest BCUT2D eigenvalue weighted by atomic mass is 79.9. The predicted molar refractivity (Wildman–Crippen MR) is 90.7 cm³/mol. The lowest BCUT2D eigenvalue weighted by molar-refractivity contribution is 0.354. The minimum absolute atomic E-state index is 0.137. The topological polar surface area (TPSA) is 18.5 Å². The first kappa shape index (κ1) is 16.2. The fraction of sp³-hybridized carbons (Fsp3) is 0.294. The number of halogens is 2. The number of aryl methyl sites for hydroxylation is 1. The van der Waals surface area contributed by atoms with Crippen LogP contribution in [0.25, 0.3) is 0 Å². The van der Waals surface area contributed by atoms with Gasteiger partial charge in [0.2, 0.25) is 0 Å². The largest absolute Gasteiger partial charge is 0.493 e. The Labute approximate surface area is 139 Å². The third-order valence-corrected chi connectivity index (χ3v) is 4.45. The van der Waals surface area contributed by atoms with Crippen LogP contribution in [-0.4, -0.2) is 14.2 Å². The quantitative estimate of drug-likeness (QED) is 0.666. The second kappa shape index (κ2) is 7.19. The summed E-state index contributed by atoms with van der Waals surface area (Å²) in [5, 5.41) is -0.137. The number of benzene rings is 2. The van der Waals surface area contributed by atoms with Gasteiger partial charge in [0.05, 0.1) is 19.6 Å². The molecule has 2 rings (SSSR count). The molecule has 2 nitrogen and oxygen atoms in total. The summed E-state index contributed by atoms with van der Waals surface area (Å²) in [6, 6.07) is 12.2. The van der Waals surface area contributed by atoms with Gasteiger partial charge >= 0.3 is 0 Å². The van der Waals surface area contributed by atoms with Crippen molar-refractivity contribution in [3.63, 3.8) is 0 Å². The Bertz CT molecular complexity index is 611. The Morgan fingerprint density at radius 1 is 1.05 bits per heavy atom. The summed E-state index contributed by atoms with van der Waals surface area (Å²) in [5.41, 5.74) is 3.45. The highest BCUT2D eigenvalue weighted by molar-refractivity contribution is 9.10. The maximum absolute atomic E-state index is 6.58. The van der Waals surface area contributed by atoms with E-state index in [0.717, 1.165) is 16.5 Å². The van der Waals surface area contributed by atoms with E-state index in [4.69, 9.17) is 21.1 Å². The molecule has 0 N–H and O–H groups in total. The Hall–Kier alpha value is -1.19. The van der Waals surface area contributed by atoms with Crippen LogP contribution < -0.4 is 9.47 Å². The van der Waals surface area contributed by atoms with Crippen molar-refractivity contribution in [3.05, 3.63) is 57.6 Å². The average Bonchev–Trinajstić information content (AvgIpc) is 2.49. The first-order chi connectivity index (χ1) is 10.0. The van der Waals surface area contributed by atoms with Gasteiger partial charge in [-0.1, -0.05) is 45.8 Å². The van der Waals surface area contributed by atoms with Crippen LogP contribution in [-0.2, 0) is 6.42 Å². The summed E-state index contributed by atoms with van der Waals surface area (Å²) >= 11 is 10.1. The van der Waals surface area contributed by atoms with E-state index in [0.29, 0.717) is 11.5 Å². The number of hydrogen-bond acceptors (Lipinski definition) is 2. The van der Waals surface area contributed by atoms with Crippen LogP contribution in [0.1, 0.15) is 22.1 Å². The summed E-state index contributed by atoms with van der Waals surface area (Å²) in [4.78, 5) is 0. The van der Waals surface area contributed by atoms with Crippen LogP contribution in [0.4, 0.5) is 0 Å². The summed E-state index contributed by atoms with van der Waals surface area (Å²) in [6.07, 6.45) is 0.760. The summed E-state index contributed by atoms with van der Waals surface area (Å²) in [6.45, 7) is 2.08. The molecular formula is C17H18BrClO2. The first-order valence-corrected chi connectivity index (χ1v) is 7.89. The molecule has 21 heavy (non-hydrogen) atoms. The molecule has 0 fully saturated rings. The van der Waals surface area contributed by atoms with Gasteiger partial charge in [-0.2, -0.15) is 0 Å². The van der Waals surface area contributed by atoms with E-state index in [9.17, 15) is 0 Å². The standard InChI is InChI=1S/C17H18BrClO2/c1-11-4-6-12(7-5-11)8-15(19)13-9-16(20-2)17(21-3)10-14(13)18/h4-7,9-10,15H,8H2,1-3H3. The van der Waals surface area contributed by atoms with Gasteiger partial charge in [0, 0.05) is 4.47 Å². The molecular weight excluding hydrogens is 352 g/mol. The van der Waals surface area contributed by atoms with Gasteiger partial charge in [0.25, 0.3) is 0 Å². The Balaban J connectivity index is 2.26. The molecule has 0 spiro atoms. The molecule has 0 aliphatic heterocycles. The van der Waals surface area contributed by atoms with Crippen LogP contribution in [0.3, 0.4) is 0 Å². The first-order valence-electron chi connectivity index (χ1n) is 6.66. The molecule has 0 bridgehead atoms. The van der Waals surface area contributed by atoms with E-state index >= 15 is 0 Å². The molecule has 0 saturated heterocycles. The Morgan fingerprint density at radius 2 is 1.62 bits per heavy atom. The molecule has 4 heteroatoms. The van der Waals surface area contributed by atoms with Crippen LogP contribution in [0.5, 0.6) is 11.5 Å². The van der Waals surface area contributed by atoms with Crippen LogP contribution >= 0.6 is 27.5 Å². The van der Waals surface area contributed by atoms with Gasteiger partial charge < -0.3 is 9.47 Å². The van der Waals surface area contributed by atoms with E-state index in [1.807, 2.05) is 12.1 Å². The summed E-state index contributed by atoms with van der Waals surface area (Å²) < 4.78 is 11.6. The SMILES string of the molecule is COc1cc(Br)c(C(Cl)Cc2ccc(C)cc2)cc1OC. The van der Waals surface area contributed by atoms with E-state index in [1.165, 1.54) is 11.1 Å². The lowest BCUT2D eigenvalue weighted by Gasteiger charge is -2.16. The highest BCUT2D eigenvalue weighted by Gasteiger charge is 2.16. The maximum atomic E-state index is 6.58. The molecule has 0 aliphatic carbocycles. The zero-order valence-corrected chi connectivity index (χ0v) is 14.7. The zero-order valence-electron chi connectivity index (χ0n) is 12.3. The predicted octanol–water partition coefficient (Wildman–Crippen LogP) is 5.30. The normalized spacial score (nSPS) is 12.0. The number of alkyl halides is 1. The molecule has 2 aromatic carbocycles. The molecule has 0 saturated carbocycles. The van der Waals surface area contributed by atoms with Crippen LogP contribution in [0, 0.1) is 6.92 Å². The summed E-state index contributed by atoms with van der Waals surface area (Å²) in [5.74, 6) is 1.37. The summed E-state index contributed by atoms with van der Waals surface area (Å²) in [7, 11) is 3.24. The van der Waals surface area contributed by atoms with Crippen molar-refractivity contribution in [1.82, 2.24) is 0 Å². The average molecular weight is 370 g/mol. The van der Waals surface area contributed by atoms with Crippen molar-refractivity contribution in [2.45, 2.75) is 18.7 Å². The van der Waals surface area contributed by atoms with Crippen molar-refractivity contribution in [2.24, 2.45) is 0 Å². The smallest absolute Gasteiger partial charge is 0.161 e. The van der Waals surface area contributed by atoms with E-state index in [1.54, 1.807) is 14.2 Å². The van der Waals surface area contributed by atoms with Gasteiger partial charge in [0.15, 0.2) is 11.5 Å². The van der Waals surface area contributed by atoms with Crippen molar-refractivity contribution < 1.29 is 9.47 Å². The van der Waals surface area contributed by atoms with E-state index in [2.05, 4.69) is 47.1 Å². The minimum Gasteiger partial charge on any atom is -0.493 e. The molecule has 1 atom stereocenters. The minimum atomic E-state index is -0.137. The van der Waals surface area contributed by atoms with Gasteiger partial charge in [-0.05, 0) is 36.6 Å². The van der Waals surface area contributed by atoms with Crippen molar-refractivity contribution >= 4 is 27.5 Å². The van der Waals surface area contributed by atoms with Crippen molar-refractivity contribution in [1.29, 1.82) is 0 Å². The lowest BCUT2D eigenvalue weighted by atomic mass is 10.0. The molecule has 0 heterocycles. The number of methoxy groups -OCH3 is 2. The van der Waals surface area contributed by atoms with Gasteiger partial charge in [-0.25, -0.2) is 0 Å². The van der Waals surface area contributed by atoms with E-state index < -0.39 is 0 Å². The Kier molecular flexibility index (Phi) is 5.54. The number of rotatable bonds is 5. The second-order valence-electron chi connectivity index (χ2n) is 4.89. The van der Waals surface area contributed by atoms with Crippen LogP contribution in [0.2, 0.25) is 0 Å². The molecule has 112 valence electrons.